The van der Waals surface area contributed by atoms with Crippen LogP contribution in [-0.2, 0) is 16.1 Å². The number of aliphatic hydroxyl groups excluding tert-OH is 1. The van der Waals surface area contributed by atoms with Gasteiger partial charge in [-0.05, 0) is 42.1 Å². The zero-order chi connectivity index (χ0) is 21.1. The maximum absolute atomic E-state index is 13.0. The molecular weight excluding hydrogens is 402 g/mol. The third-order valence-electron chi connectivity index (χ3n) is 4.84. The number of Topliss-reactive ketones (excluding diaryl/α,β-unsaturated/α-hetero) is 1. The van der Waals surface area contributed by atoms with Crippen molar-refractivity contribution in [2.45, 2.75) is 25.9 Å². The molecule has 0 spiro atoms. The second-order valence-electron chi connectivity index (χ2n) is 6.90. The van der Waals surface area contributed by atoms with Gasteiger partial charge in [0.25, 0.3) is 11.7 Å². The average Bonchev–Trinajstić information content (AvgIpc) is 3.51. The molecule has 0 saturated carbocycles. The Morgan fingerprint density at radius 2 is 2.07 bits per heavy atom. The second-order valence-corrected chi connectivity index (χ2v) is 7.88. The molecule has 1 saturated heterocycles. The Morgan fingerprint density at radius 1 is 1.20 bits per heavy atom. The van der Waals surface area contributed by atoms with Gasteiger partial charge in [-0.3, -0.25) is 9.59 Å². The largest absolute Gasteiger partial charge is 0.507 e. The summed E-state index contributed by atoms with van der Waals surface area (Å²) in [6, 6.07) is 13.4. The molecule has 0 bridgehead atoms. The van der Waals surface area contributed by atoms with Gasteiger partial charge in [-0.2, -0.15) is 0 Å². The fraction of sp³-hybridized carbons (Fsp3) is 0.217. The Labute approximate surface area is 178 Å². The number of aliphatic hydroxyl groups is 1. The number of hydrogen-bond donors (Lipinski definition) is 1. The molecule has 2 aromatic heterocycles. The van der Waals surface area contributed by atoms with Gasteiger partial charge in [0.1, 0.15) is 23.3 Å². The summed E-state index contributed by atoms with van der Waals surface area (Å²) >= 11 is 1.42. The maximum Gasteiger partial charge on any atom is 0.296 e. The van der Waals surface area contributed by atoms with Crippen molar-refractivity contribution in [2.24, 2.45) is 0 Å². The summed E-state index contributed by atoms with van der Waals surface area (Å²) in [5.74, 6) is -0.426. The maximum atomic E-state index is 13.0. The van der Waals surface area contributed by atoms with Crippen molar-refractivity contribution < 1.29 is 23.8 Å². The van der Waals surface area contributed by atoms with E-state index in [-0.39, 0.29) is 17.9 Å². The fourth-order valence-corrected chi connectivity index (χ4v) is 4.31. The number of amides is 1. The molecule has 7 heteroatoms. The number of benzene rings is 1. The van der Waals surface area contributed by atoms with E-state index in [4.69, 9.17) is 9.15 Å². The van der Waals surface area contributed by atoms with Crippen LogP contribution < -0.4 is 4.74 Å². The number of hydrogen-bond acceptors (Lipinski definition) is 6. The smallest absolute Gasteiger partial charge is 0.296 e. The molecule has 1 atom stereocenters. The molecule has 1 aliphatic rings. The Morgan fingerprint density at radius 3 is 2.77 bits per heavy atom. The second kappa shape index (κ2) is 8.59. The summed E-state index contributed by atoms with van der Waals surface area (Å²) in [6.45, 7) is 2.69. The lowest BCUT2D eigenvalue weighted by Crippen LogP contribution is -2.28. The summed E-state index contributed by atoms with van der Waals surface area (Å²) in [5, 5.41) is 13.0. The number of nitrogens with zero attached hydrogens (tertiary/aromatic N) is 1. The number of furan rings is 1. The number of likely N-dealkylation sites (tertiary alicyclic amines) is 1. The van der Waals surface area contributed by atoms with Gasteiger partial charge in [0.15, 0.2) is 0 Å². The first-order valence-electron chi connectivity index (χ1n) is 9.67. The monoisotopic (exact) mass is 423 g/mol. The molecule has 154 valence electrons. The normalized spacial score (nSPS) is 18.2. The molecule has 1 unspecified atom stereocenters. The van der Waals surface area contributed by atoms with Gasteiger partial charge >= 0.3 is 0 Å². The van der Waals surface area contributed by atoms with E-state index in [1.165, 1.54) is 22.5 Å². The van der Waals surface area contributed by atoms with Gasteiger partial charge in [0.05, 0.1) is 25.0 Å². The van der Waals surface area contributed by atoms with Crippen LogP contribution >= 0.6 is 11.3 Å². The van der Waals surface area contributed by atoms with Crippen LogP contribution in [0.5, 0.6) is 5.75 Å². The SMILES string of the molecule is CCCOc1cccc(C(O)=C2C(=O)C(=O)N(Cc3ccco3)C2c2cccs2)c1. The highest BCUT2D eigenvalue weighted by Gasteiger charge is 2.46. The van der Waals surface area contributed by atoms with E-state index >= 15 is 0 Å². The van der Waals surface area contributed by atoms with Crippen LogP contribution in [0.3, 0.4) is 0 Å². The van der Waals surface area contributed by atoms with E-state index in [1.807, 2.05) is 24.4 Å². The van der Waals surface area contributed by atoms with E-state index in [0.29, 0.717) is 23.7 Å². The lowest BCUT2D eigenvalue weighted by atomic mass is 9.99. The van der Waals surface area contributed by atoms with Crippen molar-refractivity contribution in [3.8, 4) is 5.75 Å². The van der Waals surface area contributed by atoms with Gasteiger partial charge in [0, 0.05) is 10.4 Å². The van der Waals surface area contributed by atoms with Crippen molar-refractivity contribution in [3.05, 3.63) is 81.9 Å². The molecule has 1 aliphatic heterocycles. The van der Waals surface area contributed by atoms with Crippen molar-refractivity contribution in [2.75, 3.05) is 6.61 Å². The summed E-state index contributed by atoms with van der Waals surface area (Å²) in [7, 11) is 0. The zero-order valence-corrected chi connectivity index (χ0v) is 17.2. The topological polar surface area (TPSA) is 80.0 Å². The lowest BCUT2D eigenvalue weighted by molar-refractivity contribution is -0.140. The molecule has 1 fully saturated rings. The number of ketones is 1. The van der Waals surface area contributed by atoms with Crippen molar-refractivity contribution >= 4 is 28.8 Å². The number of carbonyl (C=O) groups is 2. The Hall–Kier alpha value is -3.32. The molecule has 0 radical (unpaired) electrons. The molecule has 3 heterocycles. The van der Waals surface area contributed by atoms with Crippen LogP contribution in [0.1, 0.15) is 35.6 Å². The summed E-state index contributed by atoms with van der Waals surface area (Å²) < 4.78 is 11.0. The highest BCUT2D eigenvalue weighted by molar-refractivity contribution is 7.10. The molecule has 4 rings (SSSR count). The van der Waals surface area contributed by atoms with E-state index in [1.54, 1.807) is 36.4 Å². The number of carbonyl (C=O) groups excluding carboxylic acids is 2. The minimum Gasteiger partial charge on any atom is -0.507 e. The van der Waals surface area contributed by atoms with Gasteiger partial charge in [-0.25, -0.2) is 0 Å². The molecule has 6 nitrogen and oxygen atoms in total. The van der Waals surface area contributed by atoms with Gasteiger partial charge in [-0.15, -0.1) is 11.3 Å². The molecule has 30 heavy (non-hydrogen) atoms. The fourth-order valence-electron chi connectivity index (χ4n) is 3.46. The summed E-state index contributed by atoms with van der Waals surface area (Å²) in [6.07, 6.45) is 2.38. The minimum atomic E-state index is -0.711. The third-order valence-corrected chi connectivity index (χ3v) is 5.76. The predicted molar refractivity (Wildman–Crippen MR) is 113 cm³/mol. The molecule has 0 aliphatic carbocycles. The standard InChI is InChI=1S/C23H21NO5S/c1-2-10-28-16-7-3-6-15(13-16)21(25)19-20(18-9-5-12-30-18)24(23(27)22(19)26)14-17-8-4-11-29-17/h3-9,11-13,20,25H,2,10,14H2,1H3. The molecule has 1 N–H and O–H groups in total. The van der Waals surface area contributed by atoms with Crippen LogP contribution in [-0.4, -0.2) is 28.3 Å². The van der Waals surface area contributed by atoms with E-state index in [0.717, 1.165) is 11.3 Å². The first-order chi connectivity index (χ1) is 14.6. The summed E-state index contributed by atoms with van der Waals surface area (Å²) in [4.78, 5) is 28.0. The van der Waals surface area contributed by atoms with Gasteiger partial charge < -0.3 is 19.2 Å². The van der Waals surface area contributed by atoms with Crippen molar-refractivity contribution in [1.82, 2.24) is 4.90 Å². The lowest BCUT2D eigenvalue weighted by Gasteiger charge is -2.23. The Kier molecular flexibility index (Phi) is 5.72. The van der Waals surface area contributed by atoms with E-state index in [2.05, 4.69) is 0 Å². The van der Waals surface area contributed by atoms with Crippen molar-refractivity contribution in [3.63, 3.8) is 0 Å². The molecule has 3 aromatic rings. The first-order valence-corrected chi connectivity index (χ1v) is 10.6. The third kappa shape index (κ3) is 3.76. The average molecular weight is 423 g/mol. The quantitative estimate of drug-likeness (QED) is 0.337. The van der Waals surface area contributed by atoms with Crippen LogP contribution in [0.25, 0.3) is 5.76 Å². The van der Waals surface area contributed by atoms with Crippen LogP contribution in [0.4, 0.5) is 0 Å². The Balaban J connectivity index is 1.78. The number of rotatable bonds is 7. The van der Waals surface area contributed by atoms with Crippen LogP contribution in [0, 0.1) is 0 Å². The van der Waals surface area contributed by atoms with Gasteiger partial charge in [-0.1, -0.05) is 25.1 Å². The van der Waals surface area contributed by atoms with Crippen molar-refractivity contribution in [1.29, 1.82) is 0 Å². The Bertz CT molecular complexity index is 1070. The van der Waals surface area contributed by atoms with Crippen LogP contribution in [0.15, 0.2) is 70.2 Å². The first kappa shape index (κ1) is 20.0. The zero-order valence-electron chi connectivity index (χ0n) is 16.4. The molecule has 1 amide bonds. The minimum absolute atomic E-state index is 0.0710. The summed E-state index contributed by atoms with van der Waals surface area (Å²) in [5.41, 5.74) is 0.503. The highest BCUT2D eigenvalue weighted by Crippen LogP contribution is 2.42. The number of thiophene rings is 1. The number of ether oxygens (including phenoxy) is 1. The molecule has 1 aromatic carbocycles. The predicted octanol–water partition coefficient (Wildman–Crippen LogP) is 4.75. The van der Waals surface area contributed by atoms with E-state index < -0.39 is 17.7 Å². The highest BCUT2D eigenvalue weighted by atomic mass is 32.1. The van der Waals surface area contributed by atoms with Gasteiger partial charge in [0.2, 0.25) is 0 Å². The van der Waals surface area contributed by atoms with Crippen LogP contribution in [0.2, 0.25) is 0 Å². The molecular formula is C23H21NO5S. The van der Waals surface area contributed by atoms with E-state index in [9.17, 15) is 14.7 Å².